The monoisotopic (exact) mass is 386 g/mol. The van der Waals surface area contributed by atoms with E-state index >= 15 is 0 Å². The highest BCUT2D eigenvalue weighted by atomic mass is 16.1. The van der Waals surface area contributed by atoms with E-state index in [1.165, 1.54) is 5.56 Å². The van der Waals surface area contributed by atoms with Crippen LogP contribution in [-0.2, 0) is 11.3 Å². The molecule has 5 heteroatoms. The van der Waals surface area contributed by atoms with Crippen LogP contribution >= 0.6 is 0 Å². The average molecular weight is 386 g/mol. The van der Waals surface area contributed by atoms with Crippen LogP contribution in [-0.4, -0.2) is 29.2 Å². The third-order valence-corrected chi connectivity index (χ3v) is 5.39. The van der Waals surface area contributed by atoms with Crippen LogP contribution in [0.2, 0.25) is 0 Å². The van der Waals surface area contributed by atoms with Crippen molar-refractivity contribution in [3.63, 3.8) is 0 Å². The standard InChI is InChI=1S/C24H26N4O/c1-18-7-5-8-19(15-18)16-25-24(29)21-11-6-14-28(17-21)23-13-12-22(26-27-23)20-9-3-2-4-10-20/h2-5,7-10,12-13,15,21H,6,11,14,16-17H2,1H3,(H,25,29)/t21-/m1/s1. The molecule has 29 heavy (non-hydrogen) atoms. The van der Waals surface area contributed by atoms with Gasteiger partial charge in [0, 0.05) is 25.2 Å². The fraction of sp³-hybridized carbons (Fsp3) is 0.292. The number of nitrogens with zero attached hydrogens (tertiary/aromatic N) is 3. The van der Waals surface area contributed by atoms with E-state index in [1.54, 1.807) is 0 Å². The predicted molar refractivity (Wildman–Crippen MR) is 115 cm³/mol. The van der Waals surface area contributed by atoms with E-state index in [0.29, 0.717) is 13.1 Å². The maximum absolute atomic E-state index is 12.7. The third-order valence-electron chi connectivity index (χ3n) is 5.39. The molecule has 1 saturated heterocycles. The van der Waals surface area contributed by atoms with Gasteiger partial charge in [-0.05, 0) is 37.5 Å². The van der Waals surface area contributed by atoms with Crippen LogP contribution in [0, 0.1) is 12.8 Å². The number of aromatic nitrogens is 2. The zero-order valence-corrected chi connectivity index (χ0v) is 16.7. The SMILES string of the molecule is Cc1cccc(CNC(=O)[C@@H]2CCCN(c3ccc(-c4ccccc4)nn3)C2)c1. The van der Waals surface area contributed by atoms with Gasteiger partial charge in [-0.2, -0.15) is 0 Å². The molecule has 1 N–H and O–H groups in total. The van der Waals surface area contributed by atoms with Gasteiger partial charge in [-0.1, -0.05) is 60.2 Å². The summed E-state index contributed by atoms with van der Waals surface area (Å²) in [6.07, 6.45) is 1.89. The summed E-state index contributed by atoms with van der Waals surface area (Å²) in [6, 6.07) is 22.3. The van der Waals surface area contributed by atoms with Gasteiger partial charge in [0.15, 0.2) is 5.82 Å². The van der Waals surface area contributed by atoms with Gasteiger partial charge in [-0.15, -0.1) is 10.2 Å². The number of amides is 1. The van der Waals surface area contributed by atoms with Gasteiger partial charge in [0.2, 0.25) is 5.91 Å². The van der Waals surface area contributed by atoms with E-state index in [1.807, 2.05) is 54.6 Å². The second-order valence-electron chi connectivity index (χ2n) is 7.63. The molecule has 2 aromatic carbocycles. The molecule has 0 saturated carbocycles. The van der Waals surface area contributed by atoms with Crippen molar-refractivity contribution >= 4 is 11.7 Å². The first kappa shape index (κ1) is 19.1. The Hall–Kier alpha value is -3.21. The van der Waals surface area contributed by atoms with Crippen LogP contribution in [0.15, 0.2) is 66.7 Å². The van der Waals surface area contributed by atoms with E-state index in [-0.39, 0.29) is 11.8 Å². The van der Waals surface area contributed by atoms with Crippen LogP contribution in [0.1, 0.15) is 24.0 Å². The number of benzene rings is 2. The summed E-state index contributed by atoms with van der Waals surface area (Å²) in [5.41, 5.74) is 4.25. The number of nitrogens with one attached hydrogen (secondary N) is 1. The number of hydrogen-bond donors (Lipinski definition) is 1. The molecule has 0 radical (unpaired) electrons. The second-order valence-corrected chi connectivity index (χ2v) is 7.63. The normalized spacial score (nSPS) is 16.4. The summed E-state index contributed by atoms with van der Waals surface area (Å²) in [5, 5.41) is 11.9. The van der Waals surface area contributed by atoms with Crippen LogP contribution in [0.5, 0.6) is 0 Å². The molecule has 2 heterocycles. The zero-order chi connectivity index (χ0) is 20.1. The Balaban J connectivity index is 1.37. The number of hydrogen-bond acceptors (Lipinski definition) is 4. The van der Waals surface area contributed by atoms with E-state index in [4.69, 9.17) is 0 Å². The lowest BCUT2D eigenvalue weighted by Crippen LogP contribution is -2.43. The summed E-state index contributed by atoms with van der Waals surface area (Å²) < 4.78 is 0. The summed E-state index contributed by atoms with van der Waals surface area (Å²) in [5.74, 6) is 0.926. The summed E-state index contributed by atoms with van der Waals surface area (Å²) in [4.78, 5) is 14.9. The fourth-order valence-corrected chi connectivity index (χ4v) is 3.81. The van der Waals surface area contributed by atoms with Crippen LogP contribution in [0.3, 0.4) is 0 Å². The first-order valence-electron chi connectivity index (χ1n) is 10.2. The molecule has 0 bridgehead atoms. The minimum atomic E-state index is -0.0239. The van der Waals surface area contributed by atoms with Gasteiger partial charge in [0.05, 0.1) is 11.6 Å². The molecule has 148 valence electrons. The molecule has 4 rings (SSSR count). The fourth-order valence-electron chi connectivity index (χ4n) is 3.81. The van der Waals surface area contributed by atoms with Gasteiger partial charge in [0.1, 0.15) is 0 Å². The number of rotatable bonds is 5. The molecule has 3 aromatic rings. The maximum Gasteiger partial charge on any atom is 0.225 e. The Morgan fingerprint density at radius 1 is 1.07 bits per heavy atom. The van der Waals surface area contributed by atoms with Gasteiger partial charge in [-0.3, -0.25) is 4.79 Å². The van der Waals surface area contributed by atoms with Crippen molar-refractivity contribution in [2.45, 2.75) is 26.3 Å². The molecule has 0 spiro atoms. The maximum atomic E-state index is 12.7. The smallest absolute Gasteiger partial charge is 0.225 e. The molecule has 1 atom stereocenters. The number of aryl methyl sites for hydroxylation is 1. The average Bonchev–Trinajstić information content (AvgIpc) is 2.78. The van der Waals surface area contributed by atoms with Crippen molar-refractivity contribution in [1.82, 2.24) is 15.5 Å². The van der Waals surface area contributed by atoms with Gasteiger partial charge in [0.25, 0.3) is 0 Å². The van der Waals surface area contributed by atoms with Crippen molar-refractivity contribution in [1.29, 1.82) is 0 Å². The highest BCUT2D eigenvalue weighted by Crippen LogP contribution is 2.23. The zero-order valence-electron chi connectivity index (χ0n) is 16.7. The van der Waals surface area contributed by atoms with Gasteiger partial charge < -0.3 is 10.2 Å². The highest BCUT2D eigenvalue weighted by molar-refractivity contribution is 5.79. The third kappa shape index (κ3) is 4.80. The predicted octanol–water partition coefficient (Wildman–Crippen LogP) is 3.98. The summed E-state index contributed by atoms with van der Waals surface area (Å²) >= 11 is 0. The number of carbonyl (C=O) groups is 1. The second kappa shape index (κ2) is 8.86. The van der Waals surface area contributed by atoms with Crippen LogP contribution in [0.25, 0.3) is 11.3 Å². The Morgan fingerprint density at radius 3 is 2.69 bits per heavy atom. The van der Waals surface area contributed by atoms with E-state index < -0.39 is 0 Å². The Labute approximate surface area is 171 Å². The topological polar surface area (TPSA) is 58.1 Å². The van der Waals surface area contributed by atoms with Gasteiger partial charge >= 0.3 is 0 Å². The molecule has 0 aliphatic carbocycles. The minimum absolute atomic E-state index is 0.0239. The molecule has 1 fully saturated rings. The molecule has 0 unspecified atom stereocenters. The Morgan fingerprint density at radius 2 is 1.93 bits per heavy atom. The van der Waals surface area contributed by atoms with E-state index in [9.17, 15) is 4.79 Å². The van der Waals surface area contributed by atoms with Crippen LogP contribution < -0.4 is 10.2 Å². The lowest BCUT2D eigenvalue weighted by atomic mass is 9.97. The highest BCUT2D eigenvalue weighted by Gasteiger charge is 2.26. The molecule has 1 amide bonds. The van der Waals surface area contributed by atoms with Crippen molar-refractivity contribution in [2.24, 2.45) is 5.92 Å². The molecule has 1 aromatic heterocycles. The Kier molecular flexibility index (Phi) is 5.84. The molecule has 1 aliphatic rings. The molecular weight excluding hydrogens is 360 g/mol. The van der Waals surface area contributed by atoms with Crippen molar-refractivity contribution in [3.05, 3.63) is 77.9 Å². The molecule has 1 aliphatic heterocycles. The van der Waals surface area contributed by atoms with Crippen molar-refractivity contribution in [3.8, 4) is 11.3 Å². The summed E-state index contributed by atoms with van der Waals surface area (Å²) in [6.45, 7) is 4.22. The first-order valence-corrected chi connectivity index (χ1v) is 10.2. The van der Waals surface area contributed by atoms with Crippen LogP contribution in [0.4, 0.5) is 5.82 Å². The first-order chi connectivity index (χ1) is 14.2. The molecule has 5 nitrogen and oxygen atoms in total. The quantitative estimate of drug-likeness (QED) is 0.720. The van der Waals surface area contributed by atoms with Crippen molar-refractivity contribution in [2.75, 3.05) is 18.0 Å². The lowest BCUT2D eigenvalue weighted by Gasteiger charge is -2.32. The van der Waals surface area contributed by atoms with E-state index in [2.05, 4.69) is 39.5 Å². The minimum Gasteiger partial charge on any atom is -0.354 e. The number of carbonyl (C=O) groups excluding carboxylic acids is 1. The number of anilines is 1. The van der Waals surface area contributed by atoms with Gasteiger partial charge in [-0.25, -0.2) is 0 Å². The largest absolute Gasteiger partial charge is 0.354 e. The van der Waals surface area contributed by atoms with E-state index in [0.717, 1.165) is 42.0 Å². The summed E-state index contributed by atoms with van der Waals surface area (Å²) in [7, 11) is 0. The molecular formula is C24H26N4O. The Bertz CT molecular complexity index is 956. The number of piperidine rings is 1. The van der Waals surface area contributed by atoms with Crippen molar-refractivity contribution < 1.29 is 4.79 Å². The lowest BCUT2D eigenvalue weighted by molar-refractivity contribution is -0.125.